The van der Waals surface area contributed by atoms with Crippen molar-refractivity contribution < 1.29 is 14.3 Å². The van der Waals surface area contributed by atoms with Gasteiger partial charge in [-0.1, -0.05) is 24.3 Å². The molecule has 0 saturated carbocycles. The van der Waals surface area contributed by atoms with Crippen molar-refractivity contribution in [2.24, 2.45) is 0 Å². The molecule has 1 heterocycles. The summed E-state index contributed by atoms with van der Waals surface area (Å²) in [5.41, 5.74) is 3.86. The predicted octanol–water partition coefficient (Wildman–Crippen LogP) is 3.21. The van der Waals surface area contributed by atoms with E-state index in [4.69, 9.17) is 9.47 Å². The Morgan fingerprint density at radius 3 is 2.90 bits per heavy atom. The van der Waals surface area contributed by atoms with Crippen molar-refractivity contribution >= 4 is 11.6 Å². The Labute approximate surface area is 123 Å². The van der Waals surface area contributed by atoms with Crippen LogP contribution in [0.1, 0.15) is 16.7 Å². The molecule has 0 saturated heterocycles. The lowest BCUT2D eigenvalue weighted by Crippen LogP contribution is -2.15. The van der Waals surface area contributed by atoms with E-state index in [1.165, 1.54) is 0 Å². The van der Waals surface area contributed by atoms with Crippen molar-refractivity contribution in [1.82, 2.24) is 0 Å². The lowest BCUT2D eigenvalue weighted by Gasteiger charge is -2.10. The first-order valence-electron chi connectivity index (χ1n) is 6.88. The smallest absolute Gasteiger partial charge is 0.231 e. The van der Waals surface area contributed by atoms with Crippen molar-refractivity contribution in [1.29, 1.82) is 0 Å². The molecular formula is C17H17NO3. The van der Waals surface area contributed by atoms with E-state index in [-0.39, 0.29) is 19.1 Å². The van der Waals surface area contributed by atoms with Crippen molar-refractivity contribution in [3.8, 4) is 11.5 Å². The number of anilines is 1. The maximum atomic E-state index is 12.2. The summed E-state index contributed by atoms with van der Waals surface area (Å²) in [7, 11) is 0. The molecule has 0 unspecified atom stereocenters. The molecule has 2 aromatic rings. The molecule has 0 atom stereocenters. The topological polar surface area (TPSA) is 47.6 Å². The standard InChI is InChI=1S/C17H17NO3/c1-11-6-7-12(2)14(8-11)18-16(19)9-13-4-3-5-15-17(13)21-10-20-15/h3-8H,9-10H2,1-2H3,(H,18,19). The number of rotatable bonds is 3. The summed E-state index contributed by atoms with van der Waals surface area (Å²) in [5, 5.41) is 2.96. The second kappa shape index (κ2) is 5.48. The summed E-state index contributed by atoms with van der Waals surface area (Å²) in [5.74, 6) is 1.31. The molecule has 3 rings (SSSR count). The van der Waals surface area contributed by atoms with Gasteiger partial charge in [0, 0.05) is 11.3 Å². The molecule has 1 N–H and O–H groups in total. The van der Waals surface area contributed by atoms with Gasteiger partial charge >= 0.3 is 0 Å². The van der Waals surface area contributed by atoms with E-state index < -0.39 is 0 Å². The lowest BCUT2D eigenvalue weighted by atomic mass is 10.1. The summed E-state index contributed by atoms with van der Waals surface area (Å²) >= 11 is 0. The molecule has 4 heteroatoms. The number of fused-ring (bicyclic) bond motifs is 1. The van der Waals surface area contributed by atoms with Crippen LogP contribution >= 0.6 is 0 Å². The molecular weight excluding hydrogens is 266 g/mol. The van der Waals surface area contributed by atoms with Gasteiger partial charge in [0.1, 0.15) is 0 Å². The predicted molar refractivity (Wildman–Crippen MR) is 80.8 cm³/mol. The normalized spacial score (nSPS) is 12.3. The van der Waals surface area contributed by atoms with E-state index in [9.17, 15) is 4.79 Å². The fourth-order valence-electron chi connectivity index (χ4n) is 2.37. The van der Waals surface area contributed by atoms with Gasteiger partial charge in [0.2, 0.25) is 12.7 Å². The molecule has 0 radical (unpaired) electrons. The number of ether oxygens (including phenoxy) is 2. The Hall–Kier alpha value is -2.49. The van der Waals surface area contributed by atoms with Crippen LogP contribution in [0.25, 0.3) is 0 Å². The number of benzene rings is 2. The molecule has 4 nitrogen and oxygen atoms in total. The summed E-state index contributed by atoms with van der Waals surface area (Å²) in [6, 6.07) is 11.6. The number of hydrogen-bond acceptors (Lipinski definition) is 3. The second-order valence-electron chi connectivity index (χ2n) is 5.19. The van der Waals surface area contributed by atoms with Gasteiger partial charge < -0.3 is 14.8 Å². The second-order valence-corrected chi connectivity index (χ2v) is 5.19. The minimum absolute atomic E-state index is 0.0624. The molecule has 0 fully saturated rings. The third-order valence-corrected chi connectivity index (χ3v) is 3.50. The average Bonchev–Trinajstić information content (AvgIpc) is 2.92. The van der Waals surface area contributed by atoms with E-state index in [2.05, 4.69) is 5.32 Å². The highest BCUT2D eigenvalue weighted by Crippen LogP contribution is 2.35. The van der Waals surface area contributed by atoms with Gasteiger partial charge in [-0.3, -0.25) is 4.79 Å². The van der Waals surface area contributed by atoms with Crippen LogP contribution in [0.5, 0.6) is 11.5 Å². The largest absolute Gasteiger partial charge is 0.454 e. The molecule has 2 aromatic carbocycles. The number of aryl methyl sites for hydroxylation is 2. The van der Waals surface area contributed by atoms with Crippen molar-refractivity contribution in [3.63, 3.8) is 0 Å². The van der Waals surface area contributed by atoms with Gasteiger partial charge in [0.05, 0.1) is 6.42 Å². The number of para-hydroxylation sites is 1. The molecule has 0 spiro atoms. The van der Waals surface area contributed by atoms with E-state index in [1.54, 1.807) is 0 Å². The van der Waals surface area contributed by atoms with E-state index >= 15 is 0 Å². The third-order valence-electron chi connectivity index (χ3n) is 3.50. The maximum absolute atomic E-state index is 12.2. The zero-order chi connectivity index (χ0) is 14.8. The highest BCUT2D eigenvalue weighted by atomic mass is 16.7. The first-order chi connectivity index (χ1) is 10.1. The highest BCUT2D eigenvalue weighted by Gasteiger charge is 2.19. The van der Waals surface area contributed by atoms with Gasteiger partial charge in [-0.25, -0.2) is 0 Å². The number of nitrogens with one attached hydrogen (secondary N) is 1. The van der Waals surface area contributed by atoms with Gasteiger partial charge in [-0.2, -0.15) is 0 Å². The molecule has 1 aliphatic rings. The van der Waals surface area contributed by atoms with Crippen LogP contribution < -0.4 is 14.8 Å². The van der Waals surface area contributed by atoms with Crippen LogP contribution in [0.4, 0.5) is 5.69 Å². The van der Waals surface area contributed by atoms with Crippen molar-refractivity contribution in [2.75, 3.05) is 12.1 Å². The van der Waals surface area contributed by atoms with Gasteiger partial charge in [0.15, 0.2) is 11.5 Å². The van der Waals surface area contributed by atoms with Crippen LogP contribution in [-0.4, -0.2) is 12.7 Å². The molecule has 0 aromatic heterocycles. The van der Waals surface area contributed by atoms with Crippen LogP contribution in [-0.2, 0) is 11.2 Å². The Bertz CT molecular complexity index is 694. The SMILES string of the molecule is Cc1ccc(C)c(NC(=O)Cc2cccc3c2OCO3)c1. The molecule has 21 heavy (non-hydrogen) atoms. The number of carbonyl (C=O) groups excluding carboxylic acids is 1. The van der Waals surface area contributed by atoms with E-state index in [0.29, 0.717) is 11.5 Å². The van der Waals surface area contributed by atoms with Crippen molar-refractivity contribution in [3.05, 3.63) is 53.1 Å². The van der Waals surface area contributed by atoms with Gasteiger partial charge in [0.25, 0.3) is 0 Å². The summed E-state index contributed by atoms with van der Waals surface area (Å²) in [6.45, 7) is 4.20. The number of amides is 1. The Balaban J connectivity index is 1.75. The zero-order valence-corrected chi connectivity index (χ0v) is 12.1. The van der Waals surface area contributed by atoms with Crippen molar-refractivity contribution in [2.45, 2.75) is 20.3 Å². The third kappa shape index (κ3) is 2.84. The van der Waals surface area contributed by atoms with Crippen LogP contribution in [0.3, 0.4) is 0 Å². The first kappa shape index (κ1) is 13.5. The Morgan fingerprint density at radius 2 is 2.05 bits per heavy atom. The van der Waals surface area contributed by atoms with Crippen LogP contribution in [0, 0.1) is 13.8 Å². The molecule has 108 valence electrons. The first-order valence-corrected chi connectivity index (χ1v) is 6.88. The zero-order valence-electron chi connectivity index (χ0n) is 12.1. The quantitative estimate of drug-likeness (QED) is 0.941. The Kier molecular flexibility index (Phi) is 3.52. The van der Waals surface area contributed by atoms with Crippen LogP contribution in [0.15, 0.2) is 36.4 Å². The molecule has 1 amide bonds. The minimum Gasteiger partial charge on any atom is -0.454 e. The maximum Gasteiger partial charge on any atom is 0.231 e. The number of hydrogen-bond donors (Lipinski definition) is 1. The summed E-state index contributed by atoms with van der Waals surface area (Å²) in [6.07, 6.45) is 0.264. The minimum atomic E-state index is -0.0624. The molecule has 0 aliphatic carbocycles. The highest BCUT2D eigenvalue weighted by molar-refractivity contribution is 5.93. The molecule has 1 aliphatic heterocycles. The monoisotopic (exact) mass is 283 g/mol. The fraction of sp³-hybridized carbons (Fsp3) is 0.235. The fourth-order valence-corrected chi connectivity index (χ4v) is 2.37. The Morgan fingerprint density at radius 1 is 1.19 bits per heavy atom. The van der Waals surface area contributed by atoms with Crippen LogP contribution in [0.2, 0.25) is 0 Å². The van der Waals surface area contributed by atoms with E-state index in [1.807, 2.05) is 50.2 Å². The van der Waals surface area contributed by atoms with Gasteiger partial charge in [-0.05, 0) is 37.1 Å². The number of carbonyl (C=O) groups is 1. The molecule has 0 bridgehead atoms. The van der Waals surface area contributed by atoms with Gasteiger partial charge in [-0.15, -0.1) is 0 Å². The summed E-state index contributed by atoms with van der Waals surface area (Å²) < 4.78 is 10.7. The average molecular weight is 283 g/mol. The lowest BCUT2D eigenvalue weighted by molar-refractivity contribution is -0.115. The van der Waals surface area contributed by atoms with E-state index in [0.717, 1.165) is 22.4 Å². The summed E-state index contributed by atoms with van der Waals surface area (Å²) in [4.78, 5) is 12.2.